The fraction of sp³-hybridized carbons (Fsp3) is 0.778. The Kier molecular flexibility index (Phi) is 2.72. The Morgan fingerprint density at radius 1 is 1.47 bits per heavy atom. The van der Waals surface area contributed by atoms with E-state index >= 15 is 0 Å². The van der Waals surface area contributed by atoms with Crippen molar-refractivity contribution in [3.8, 4) is 0 Å². The third-order valence-electron chi connectivity index (χ3n) is 2.85. The van der Waals surface area contributed by atoms with E-state index < -0.39 is 12.1 Å². The molecule has 0 bridgehead atoms. The first-order valence-corrected chi connectivity index (χ1v) is 4.92. The number of carbonyl (C=O) groups is 2. The van der Waals surface area contributed by atoms with Crippen LogP contribution < -0.4 is 5.32 Å². The van der Waals surface area contributed by atoms with E-state index in [1.54, 1.807) is 0 Å². The molecule has 2 N–H and O–H groups in total. The first-order chi connectivity index (χ1) is 7.09. The van der Waals surface area contributed by atoms with E-state index in [0.29, 0.717) is 6.61 Å². The number of aliphatic hydroxyl groups is 1. The molecule has 3 atom stereocenters. The second-order valence-corrected chi connectivity index (χ2v) is 3.93. The Morgan fingerprint density at radius 3 is 2.67 bits per heavy atom. The van der Waals surface area contributed by atoms with Gasteiger partial charge in [0.1, 0.15) is 0 Å². The van der Waals surface area contributed by atoms with Crippen molar-refractivity contribution in [2.75, 3.05) is 20.3 Å². The summed E-state index contributed by atoms with van der Waals surface area (Å²) in [5.74, 6) is -0.426. The summed E-state index contributed by atoms with van der Waals surface area (Å²) >= 11 is 0. The molecule has 0 saturated carbocycles. The SMILES string of the molecule is CN1C(=O)CC(NC2COCC2O)C1=O. The number of aliphatic hydroxyl groups excluding tert-OH is 1. The van der Waals surface area contributed by atoms with Gasteiger partial charge in [-0.05, 0) is 0 Å². The quantitative estimate of drug-likeness (QED) is 0.525. The number of ether oxygens (including phenoxy) is 1. The minimum Gasteiger partial charge on any atom is -0.389 e. The molecule has 0 aromatic carbocycles. The number of amides is 2. The molecule has 0 spiro atoms. The van der Waals surface area contributed by atoms with E-state index in [0.717, 1.165) is 4.90 Å². The van der Waals surface area contributed by atoms with Crippen LogP contribution in [0.5, 0.6) is 0 Å². The minimum absolute atomic E-state index is 0.165. The molecule has 2 aliphatic rings. The fourth-order valence-electron chi connectivity index (χ4n) is 1.85. The van der Waals surface area contributed by atoms with Crippen LogP contribution in [0.15, 0.2) is 0 Å². The number of likely N-dealkylation sites (tertiary alicyclic amines) is 1. The number of nitrogens with one attached hydrogen (secondary N) is 1. The van der Waals surface area contributed by atoms with Crippen molar-refractivity contribution >= 4 is 11.8 Å². The van der Waals surface area contributed by atoms with Gasteiger partial charge in [-0.15, -0.1) is 0 Å². The van der Waals surface area contributed by atoms with Gasteiger partial charge in [0.15, 0.2) is 0 Å². The molecule has 2 rings (SSSR count). The Morgan fingerprint density at radius 2 is 2.20 bits per heavy atom. The molecular weight excluding hydrogens is 200 g/mol. The van der Waals surface area contributed by atoms with Gasteiger partial charge in [-0.2, -0.15) is 0 Å². The summed E-state index contributed by atoms with van der Waals surface area (Å²) in [6.07, 6.45) is -0.433. The van der Waals surface area contributed by atoms with Crippen molar-refractivity contribution in [1.29, 1.82) is 0 Å². The summed E-state index contributed by atoms with van der Waals surface area (Å²) in [5, 5.41) is 12.4. The average molecular weight is 214 g/mol. The van der Waals surface area contributed by atoms with Crippen LogP contribution in [0.4, 0.5) is 0 Å². The molecule has 2 heterocycles. The molecule has 2 saturated heterocycles. The standard InChI is InChI=1S/C9H14N2O4/c1-11-8(13)2-5(9(11)14)10-6-3-15-4-7(6)12/h5-7,10,12H,2-4H2,1H3. The lowest BCUT2D eigenvalue weighted by Gasteiger charge is -2.18. The summed E-state index contributed by atoms with van der Waals surface area (Å²) in [4.78, 5) is 23.9. The van der Waals surface area contributed by atoms with E-state index in [1.807, 2.05) is 0 Å². The van der Waals surface area contributed by atoms with Gasteiger partial charge in [0.05, 0.1) is 37.8 Å². The average Bonchev–Trinajstić information content (AvgIpc) is 2.69. The van der Waals surface area contributed by atoms with Crippen molar-refractivity contribution in [2.24, 2.45) is 0 Å². The Balaban J connectivity index is 1.95. The van der Waals surface area contributed by atoms with Crippen LogP contribution in [-0.4, -0.2) is 60.3 Å². The molecule has 2 fully saturated rings. The number of nitrogens with zero attached hydrogens (tertiary/aromatic N) is 1. The predicted molar refractivity (Wildman–Crippen MR) is 49.9 cm³/mol. The summed E-state index contributed by atoms with van der Waals surface area (Å²) in [7, 11) is 1.47. The van der Waals surface area contributed by atoms with E-state index in [4.69, 9.17) is 4.74 Å². The normalized spacial score (nSPS) is 36.7. The third-order valence-corrected chi connectivity index (χ3v) is 2.85. The highest BCUT2D eigenvalue weighted by molar-refractivity contribution is 6.05. The van der Waals surface area contributed by atoms with Gasteiger partial charge >= 0.3 is 0 Å². The van der Waals surface area contributed by atoms with E-state index in [-0.39, 0.29) is 30.9 Å². The van der Waals surface area contributed by atoms with Crippen LogP contribution in [0.1, 0.15) is 6.42 Å². The largest absolute Gasteiger partial charge is 0.389 e. The first kappa shape index (κ1) is 10.5. The van der Waals surface area contributed by atoms with Gasteiger partial charge in [0.25, 0.3) is 0 Å². The van der Waals surface area contributed by atoms with Crippen LogP contribution in [-0.2, 0) is 14.3 Å². The molecule has 2 aliphatic heterocycles. The van der Waals surface area contributed by atoms with Gasteiger partial charge in [-0.1, -0.05) is 0 Å². The Labute approximate surface area is 87.2 Å². The lowest BCUT2D eigenvalue weighted by atomic mass is 10.1. The number of imide groups is 1. The number of carbonyl (C=O) groups excluding carboxylic acids is 2. The molecule has 15 heavy (non-hydrogen) atoms. The molecule has 84 valence electrons. The topological polar surface area (TPSA) is 78.9 Å². The minimum atomic E-state index is -0.598. The van der Waals surface area contributed by atoms with Gasteiger partial charge < -0.3 is 9.84 Å². The van der Waals surface area contributed by atoms with E-state index in [2.05, 4.69) is 5.32 Å². The molecule has 0 radical (unpaired) electrons. The monoisotopic (exact) mass is 214 g/mol. The maximum absolute atomic E-state index is 11.5. The summed E-state index contributed by atoms with van der Waals surface area (Å²) in [5.41, 5.74) is 0. The molecule has 0 aromatic heterocycles. The van der Waals surface area contributed by atoms with E-state index in [9.17, 15) is 14.7 Å². The van der Waals surface area contributed by atoms with Crippen molar-refractivity contribution < 1.29 is 19.4 Å². The zero-order valence-corrected chi connectivity index (χ0v) is 8.47. The second kappa shape index (κ2) is 3.88. The zero-order valence-electron chi connectivity index (χ0n) is 8.47. The maximum Gasteiger partial charge on any atom is 0.246 e. The lowest BCUT2D eigenvalue weighted by Crippen LogP contribution is -2.48. The lowest BCUT2D eigenvalue weighted by molar-refractivity contribution is -0.137. The fourth-order valence-corrected chi connectivity index (χ4v) is 1.85. The molecule has 2 amide bonds. The highest BCUT2D eigenvalue weighted by Crippen LogP contribution is 2.14. The zero-order chi connectivity index (χ0) is 11.0. The maximum atomic E-state index is 11.5. The highest BCUT2D eigenvalue weighted by atomic mass is 16.5. The summed E-state index contributed by atoms with van der Waals surface area (Å²) < 4.78 is 5.05. The summed E-state index contributed by atoms with van der Waals surface area (Å²) in [6.45, 7) is 0.658. The summed E-state index contributed by atoms with van der Waals surface area (Å²) in [6, 6.07) is -0.762. The second-order valence-electron chi connectivity index (χ2n) is 3.93. The Bertz CT molecular complexity index is 294. The predicted octanol–water partition coefficient (Wildman–Crippen LogP) is -1.91. The van der Waals surface area contributed by atoms with Gasteiger partial charge in [-0.3, -0.25) is 19.8 Å². The number of hydrogen-bond acceptors (Lipinski definition) is 5. The van der Waals surface area contributed by atoms with Gasteiger partial charge in [0, 0.05) is 7.05 Å². The molecule has 0 aromatic rings. The molecule has 3 unspecified atom stereocenters. The molecular formula is C9H14N2O4. The molecule has 6 heteroatoms. The van der Waals surface area contributed by atoms with Crippen molar-refractivity contribution in [2.45, 2.75) is 24.6 Å². The highest BCUT2D eigenvalue weighted by Gasteiger charge is 2.39. The van der Waals surface area contributed by atoms with Gasteiger partial charge in [0.2, 0.25) is 11.8 Å². The first-order valence-electron chi connectivity index (χ1n) is 4.92. The number of hydrogen-bond donors (Lipinski definition) is 2. The molecule has 0 aliphatic carbocycles. The van der Waals surface area contributed by atoms with Crippen LogP contribution in [0.25, 0.3) is 0 Å². The van der Waals surface area contributed by atoms with Crippen molar-refractivity contribution in [3.63, 3.8) is 0 Å². The number of likely N-dealkylation sites (N-methyl/N-ethyl adjacent to an activating group) is 1. The Hall–Kier alpha value is -0.980. The van der Waals surface area contributed by atoms with Crippen LogP contribution in [0, 0.1) is 0 Å². The van der Waals surface area contributed by atoms with Crippen LogP contribution in [0.2, 0.25) is 0 Å². The van der Waals surface area contributed by atoms with Crippen LogP contribution >= 0.6 is 0 Å². The van der Waals surface area contributed by atoms with Crippen molar-refractivity contribution in [1.82, 2.24) is 10.2 Å². The smallest absolute Gasteiger partial charge is 0.246 e. The molecule has 6 nitrogen and oxygen atoms in total. The van der Waals surface area contributed by atoms with Crippen LogP contribution in [0.3, 0.4) is 0 Å². The third kappa shape index (κ3) is 1.88. The van der Waals surface area contributed by atoms with Crippen molar-refractivity contribution in [3.05, 3.63) is 0 Å². The number of rotatable bonds is 2. The van der Waals surface area contributed by atoms with Gasteiger partial charge in [-0.25, -0.2) is 0 Å². The van der Waals surface area contributed by atoms with E-state index in [1.165, 1.54) is 7.05 Å².